The number of aromatic nitrogens is 4. The highest BCUT2D eigenvalue weighted by Crippen LogP contribution is 2.03. The van der Waals surface area contributed by atoms with Crippen LogP contribution in [0.2, 0.25) is 0 Å². The summed E-state index contributed by atoms with van der Waals surface area (Å²) < 4.78 is 25.3. The molecule has 10 heteroatoms. The molecule has 0 aliphatic rings. The molecule has 0 aliphatic heterocycles. The molecule has 0 saturated heterocycles. The number of nitrogens with zero attached hydrogens (tertiary/aromatic N) is 3. The average Bonchev–Trinajstić information content (AvgIpc) is 2.69. The van der Waals surface area contributed by atoms with Crippen LogP contribution in [0.5, 0.6) is 0 Å². The molecule has 3 N–H and O–H groups in total. The van der Waals surface area contributed by atoms with Gasteiger partial charge in [0.05, 0.1) is 6.26 Å². The zero-order valence-corrected chi connectivity index (χ0v) is 11.1. The Labute approximate surface area is 109 Å². The first-order valence-electron chi connectivity index (χ1n) is 5.57. The van der Waals surface area contributed by atoms with Crippen molar-refractivity contribution in [1.82, 2.24) is 24.3 Å². The molecule has 0 amide bonds. The first-order chi connectivity index (χ1) is 8.96. The lowest BCUT2D eigenvalue weighted by Crippen LogP contribution is -2.24. The molecule has 0 radical (unpaired) electrons. The fourth-order valence-electron chi connectivity index (χ4n) is 1.47. The van der Waals surface area contributed by atoms with Crippen LogP contribution in [0.15, 0.2) is 17.2 Å². The molecule has 2 aromatic rings. The van der Waals surface area contributed by atoms with Crippen molar-refractivity contribution >= 4 is 21.5 Å². The van der Waals surface area contributed by atoms with Crippen molar-refractivity contribution in [2.45, 2.75) is 6.42 Å². The van der Waals surface area contributed by atoms with Gasteiger partial charge in [0, 0.05) is 19.2 Å². The third-order valence-corrected chi connectivity index (χ3v) is 3.06. The van der Waals surface area contributed by atoms with Crippen molar-refractivity contribution in [2.75, 3.05) is 24.7 Å². The molecule has 0 aliphatic carbocycles. The minimum atomic E-state index is -3.14. The molecular weight excluding hydrogens is 272 g/mol. The van der Waals surface area contributed by atoms with Crippen molar-refractivity contribution in [3.8, 4) is 0 Å². The molecule has 0 spiro atoms. The Hall–Kier alpha value is -1.94. The van der Waals surface area contributed by atoms with Crippen LogP contribution in [0.4, 0.5) is 5.82 Å². The summed E-state index contributed by atoms with van der Waals surface area (Å²) in [6, 6.07) is 1.63. The second-order valence-corrected chi connectivity index (χ2v) is 5.81. The monoisotopic (exact) mass is 286 g/mol. The van der Waals surface area contributed by atoms with Gasteiger partial charge in [0.15, 0.2) is 5.65 Å². The molecule has 2 heterocycles. The van der Waals surface area contributed by atoms with Crippen LogP contribution in [0.25, 0.3) is 5.65 Å². The Balaban J connectivity index is 1.86. The quantitative estimate of drug-likeness (QED) is 0.572. The van der Waals surface area contributed by atoms with E-state index in [1.54, 1.807) is 6.07 Å². The van der Waals surface area contributed by atoms with Gasteiger partial charge in [-0.3, -0.25) is 0 Å². The molecule has 2 rings (SSSR count). The van der Waals surface area contributed by atoms with Crippen LogP contribution >= 0.6 is 0 Å². The van der Waals surface area contributed by atoms with Gasteiger partial charge in [-0.05, 0) is 6.42 Å². The second-order valence-electron chi connectivity index (χ2n) is 3.98. The number of H-pyrrole nitrogens is 1. The van der Waals surface area contributed by atoms with Crippen LogP contribution in [0, 0.1) is 0 Å². The molecule has 0 unspecified atom stereocenters. The Bertz CT molecular complexity index is 719. The number of hydrogen-bond donors (Lipinski definition) is 3. The van der Waals surface area contributed by atoms with Crippen LogP contribution in [-0.2, 0) is 10.0 Å². The van der Waals surface area contributed by atoms with E-state index in [-0.39, 0.29) is 5.69 Å². The summed E-state index contributed by atoms with van der Waals surface area (Å²) >= 11 is 0. The number of nitrogens with one attached hydrogen (secondary N) is 3. The highest BCUT2D eigenvalue weighted by Gasteiger charge is 2.02. The van der Waals surface area contributed by atoms with Crippen molar-refractivity contribution in [3.63, 3.8) is 0 Å². The first-order valence-corrected chi connectivity index (χ1v) is 7.46. The topological polar surface area (TPSA) is 121 Å². The van der Waals surface area contributed by atoms with Crippen molar-refractivity contribution in [3.05, 3.63) is 22.9 Å². The first kappa shape index (κ1) is 13.5. The molecular formula is C9H14N6O3S. The van der Waals surface area contributed by atoms with Gasteiger partial charge in [-0.2, -0.15) is 5.10 Å². The summed E-state index contributed by atoms with van der Waals surface area (Å²) in [5.41, 5.74) is 0.128. The Morgan fingerprint density at radius 2 is 2.21 bits per heavy atom. The molecule has 0 aromatic carbocycles. The third-order valence-electron chi connectivity index (χ3n) is 2.33. The lowest BCUT2D eigenvalue weighted by atomic mass is 10.4. The second kappa shape index (κ2) is 5.36. The van der Waals surface area contributed by atoms with Crippen LogP contribution < -0.4 is 15.7 Å². The minimum Gasteiger partial charge on any atom is -0.370 e. The van der Waals surface area contributed by atoms with Gasteiger partial charge in [0.2, 0.25) is 10.0 Å². The maximum atomic E-state index is 11.2. The largest absolute Gasteiger partial charge is 0.370 e. The minimum absolute atomic E-state index is 0.341. The van der Waals surface area contributed by atoms with Gasteiger partial charge in [-0.1, -0.05) is 0 Å². The summed E-state index contributed by atoms with van der Waals surface area (Å²) in [6.07, 6.45) is 3.11. The van der Waals surface area contributed by atoms with Crippen molar-refractivity contribution in [2.24, 2.45) is 0 Å². The van der Waals surface area contributed by atoms with E-state index in [1.807, 2.05) is 0 Å². The highest BCUT2D eigenvalue weighted by atomic mass is 32.2. The fraction of sp³-hybridized carbons (Fsp3) is 0.444. The van der Waals surface area contributed by atoms with E-state index in [0.29, 0.717) is 31.0 Å². The average molecular weight is 286 g/mol. The standard InChI is InChI=1S/C9H14N6O3S/c1-19(17,18)12-4-2-3-10-7-5-8-13-14-9(16)15(8)6-11-7/h5-6,10,12H,2-4H2,1H3,(H,14,16). The summed E-state index contributed by atoms with van der Waals surface area (Å²) in [4.78, 5) is 15.2. The summed E-state index contributed by atoms with van der Waals surface area (Å²) in [6.45, 7) is 0.913. The number of hydrogen-bond acceptors (Lipinski definition) is 6. The van der Waals surface area contributed by atoms with E-state index in [4.69, 9.17) is 0 Å². The number of anilines is 1. The van der Waals surface area contributed by atoms with Gasteiger partial charge in [-0.25, -0.2) is 32.4 Å². The Morgan fingerprint density at radius 3 is 2.95 bits per heavy atom. The van der Waals surface area contributed by atoms with E-state index < -0.39 is 10.0 Å². The molecule has 2 aromatic heterocycles. The summed E-state index contributed by atoms with van der Waals surface area (Å²) in [5, 5.41) is 9.14. The SMILES string of the molecule is CS(=O)(=O)NCCCNc1cc2n[nH]c(=O)n2cn1. The van der Waals surface area contributed by atoms with Gasteiger partial charge >= 0.3 is 5.69 Å². The number of sulfonamides is 1. The lowest BCUT2D eigenvalue weighted by molar-refractivity contribution is 0.586. The molecule has 9 nitrogen and oxygen atoms in total. The zero-order chi connectivity index (χ0) is 13.9. The Morgan fingerprint density at radius 1 is 1.42 bits per heavy atom. The maximum Gasteiger partial charge on any atom is 0.348 e. The van der Waals surface area contributed by atoms with Gasteiger partial charge in [-0.15, -0.1) is 0 Å². The van der Waals surface area contributed by atoms with Crippen LogP contribution in [0.3, 0.4) is 0 Å². The summed E-state index contributed by atoms with van der Waals surface area (Å²) in [5.74, 6) is 0.575. The van der Waals surface area contributed by atoms with E-state index in [0.717, 1.165) is 6.26 Å². The predicted molar refractivity (Wildman–Crippen MR) is 69.6 cm³/mol. The molecule has 104 valence electrons. The molecule has 0 atom stereocenters. The van der Waals surface area contributed by atoms with Gasteiger partial charge in [0.25, 0.3) is 0 Å². The van der Waals surface area contributed by atoms with E-state index >= 15 is 0 Å². The van der Waals surface area contributed by atoms with E-state index in [9.17, 15) is 13.2 Å². The third kappa shape index (κ3) is 3.76. The predicted octanol–water partition coefficient (Wildman–Crippen LogP) is -1.23. The maximum absolute atomic E-state index is 11.2. The smallest absolute Gasteiger partial charge is 0.348 e. The van der Waals surface area contributed by atoms with Gasteiger partial charge in [0.1, 0.15) is 12.1 Å². The highest BCUT2D eigenvalue weighted by molar-refractivity contribution is 7.88. The van der Waals surface area contributed by atoms with Crippen molar-refractivity contribution in [1.29, 1.82) is 0 Å². The molecule has 19 heavy (non-hydrogen) atoms. The Kier molecular flexibility index (Phi) is 3.81. The molecule has 0 fully saturated rings. The fourth-order valence-corrected chi connectivity index (χ4v) is 1.98. The van der Waals surface area contributed by atoms with Crippen LogP contribution in [0.1, 0.15) is 6.42 Å². The molecule has 0 saturated carbocycles. The normalized spacial score (nSPS) is 11.8. The molecule has 0 bridgehead atoms. The lowest BCUT2D eigenvalue weighted by Gasteiger charge is -2.05. The van der Waals surface area contributed by atoms with Crippen LogP contribution in [-0.4, -0.2) is 47.3 Å². The zero-order valence-electron chi connectivity index (χ0n) is 10.3. The van der Waals surface area contributed by atoms with E-state index in [1.165, 1.54) is 10.7 Å². The number of fused-ring (bicyclic) bond motifs is 1. The van der Waals surface area contributed by atoms with Crippen molar-refractivity contribution < 1.29 is 8.42 Å². The number of rotatable bonds is 6. The number of aromatic amines is 1. The van der Waals surface area contributed by atoms with Gasteiger partial charge < -0.3 is 5.32 Å². The van der Waals surface area contributed by atoms with E-state index in [2.05, 4.69) is 25.2 Å². The summed E-state index contributed by atoms with van der Waals surface area (Å²) in [7, 11) is -3.14.